The van der Waals surface area contributed by atoms with Crippen LogP contribution in [-0.2, 0) is 41.1 Å². The summed E-state index contributed by atoms with van der Waals surface area (Å²) in [6, 6.07) is 21.8. The summed E-state index contributed by atoms with van der Waals surface area (Å²) in [6.07, 6.45) is 1.17. The largest absolute Gasteiger partial charge is 0.512 e. The van der Waals surface area contributed by atoms with E-state index in [0.717, 1.165) is 21.7 Å². The number of benzene rings is 2. The van der Waals surface area contributed by atoms with Crippen LogP contribution in [0.2, 0.25) is 0 Å². The maximum Gasteiger partial charge on any atom is 0.155 e. The second kappa shape index (κ2) is 13.4. The van der Waals surface area contributed by atoms with Gasteiger partial charge in [0, 0.05) is 36.4 Å². The average molecular weight is 761 g/mol. The van der Waals surface area contributed by atoms with Gasteiger partial charge in [-0.3, -0.25) is 9.78 Å². The minimum absolute atomic E-state index is 0. The monoisotopic (exact) mass is 761 g/mol. The summed E-state index contributed by atoms with van der Waals surface area (Å²) in [5, 5.41) is 9.56. The van der Waals surface area contributed by atoms with Gasteiger partial charge in [-0.05, 0) is 70.7 Å². The third-order valence-corrected chi connectivity index (χ3v) is 7.98. The minimum Gasteiger partial charge on any atom is -0.512 e. The van der Waals surface area contributed by atoms with Gasteiger partial charge >= 0.3 is 0 Å². The number of ketones is 1. The number of allylic oxidation sites excluding steroid dienone is 2. The predicted molar refractivity (Wildman–Crippen MR) is 177 cm³/mol. The van der Waals surface area contributed by atoms with E-state index in [0.29, 0.717) is 0 Å². The molecule has 4 rings (SSSR count). The maximum atomic E-state index is 10.0. The molecule has 0 aliphatic rings. The van der Waals surface area contributed by atoms with Crippen molar-refractivity contribution in [3.8, 4) is 21.7 Å². The molecule has 4 aromatic rings. The topological polar surface area (TPSA) is 50.2 Å². The van der Waals surface area contributed by atoms with Crippen LogP contribution in [0.1, 0.15) is 98.4 Å². The number of carbonyl (C=O) groups excluding carboxylic acids is 1. The number of carbonyl (C=O) groups is 1. The van der Waals surface area contributed by atoms with Crippen LogP contribution in [0.15, 0.2) is 60.4 Å². The molecule has 0 unspecified atom stereocenters. The van der Waals surface area contributed by atoms with Crippen molar-refractivity contribution in [3.05, 3.63) is 88.7 Å². The number of hydrogen-bond acceptors (Lipinski definition) is 4. The molecule has 3 nitrogen and oxygen atoms in total. The molecule has 0 saturated heterocycles. The molecule has 2 aromatic carbocycles. The van der Waals surface area contributed by atoms with Crippen LogP contribution in [0.5, 0.6) is 0 Å². The molecule has 2 heterocycles. The number of rotatable bonds is 3. The number of hydrogen-bond donors (Lipinski definition) is 1. The van der Waals surface area contributed by atoms with E-state index >= 15 is 0 Å². The van der Waals surface area contributed by atoms with Crippen LogP contribution in [0.25, 0.3) is 31.9 Å². The molecule has 0 atom stereocenters. The zero-order valence-corrected chi connectivity index (χ0v) is 30.5. The van der Waals surface area contributed by atoms with E-state index in [4.69, 9.17) is 10.1 Å². The molecule has 42 heavy (non-hydrogen) atoms. The smallest absolute Gasteiger partial charge is 0.155 e. The Labute approximate surface area is 270 Å². The molecule has 2 aromatic heterocycles. The summed E-state index contributed by atoms with van der Waals surface area (Å²) < 4.78 is 0. The van der Waals surface area contributed by atoms with E-state index in [-0.39, 0.29) is 47.9 Å². The van der Waals surface area contributed by atoms with E-state index in [1.165, 1.54) is 52.4 Å². The van der Waals surface area contributed by atoms with Gasteiger partial charge in [0.15, 0.2) is 5.78 Å². The first kappa shape index (κ1) is 35.6. The van der Waals surface area contributed by atoms with E-state index in [1.807, 2.05) is 0 Å². The predicted octanol–water partition coefficient (Wildman–Crippen LogP) is 10.7. The quantitative estimate of drug-likeness (QED) is 0.129. The zero-order chi connectivity index (χ0) is 30.9. The first-order chi connectivity index (χ1) is 18.7. The van der Waals surface area contributed by atoms with Gasteiger partial charge in [0.05, 0.1) is 5.76 Å². The van der Waals surface area contributed by atoms with E-state index < -0.39 is 0 Å². The molecule has 0 aliphatic heterocycles. The summed E-state index contributed by atoms with van der Waals surface area (Å²) in [4.78, 5) is 17.5. The minimum atomic E-state index is -0.125. The molecule has 0 bridgehead atoms. The van der Waals surface area contributed by atoms with Crippen LogP contribution in [0.4, 0.5) is 0 Å². The van der Waals surface area contributed by atoms with Crippen molar-refractivity contribution in [3.63, 3.8) is 0 Å². The van der Waals surface area contributed by atoms with Gasteiger partial charge in [-0.1, -0.05) is 87.4 Å². The average Bonchev–Trinajstić information content (AvgIpc) is 3.25. The Morgan fingerprint density at radius 1 is 0.810 bits per heavy atom. The first-order valence-electron chi connectivity index (χ1n) is 14.2. The Bertz CT molecular complexity index is 1550. The van der Waals surface area contributed by atoms with Crippen LogP contribution in [-0.4, -0.2) is 15.9 Å². The van der Waals surface area contributed by atoms with Crippen molar-refractivity contribution >= 4 is 27.3 Å². The molecule has 1 N–H and O–H groups in total. The molecule has 227 valence electrons. The van der Waals surface area contributed by atoms with Gasteiger partial charge in [0.1, 0.15) is 4.83 Å². The van der Waals surface area contributed by atoms with Gasteiger partial charge in [-0.2, -0.15) is 0 Å². The number of aromatic nitrogens is 1. The summed E-state index contributed by atoms with van der Waals surface area (Å²) in [7, 11) is 0. The standard InChI is InChI=1S/C32H38NS.C5H8O2.Ir/c1-20-13-22(15-24(14-20)30(2,3)4)27-12-11-21-18-28(34-29(21)33-27)23-16-25(31(5,6)7)19-26(17-23)32(8,9)10;1-4(6)3-5(2)7;/h11-12,14-19H,1-10H3;3,6H,1-2H3;/q-1;;/b;4-3-;. The van der Waals surface area contributed by atoms with E-state index in [2.05, 4.69) is 124 Å². The van der Waals surface area contributed by atoms with Crippen molar-refractivity contribution in [1.82, 2.24) is 4.98 Å². The molecule has 0 aliphatic carbocycles. The van der Waals surface area contributed by atoms with Crippen molar-refractivity contribution in [1.29, 1.82) is 0 Å². The molecule has 0 amide bonds. The van der Waals surface area contributed by atoms with Crippen molar-refractivity contribution in [2.24, 2.45) is 0 Å². The van der Waals surface area contributed by atoms with Crippen LogP contribution in [0, 0.1) is 13.0 Å². The maximum absolute atomic E-state index is 10.0. The molecule has 1 radical (unpaired) electrons. The number of pyridine rings is 1. The van der Waals surface area contributed by atoms with Crippen molar-refractivity contribution in [2.75, 3.05) is 0 Å². The Kier molecular flexibility index (Phi) is 11.3. The van der Waals surface area contributed by atoms with E-state index in [1.54, 1.807) is 11.3 Å². The fraction of sp³-hybridized carbons (Fsp3) is 0.405. The summed E-state index contributed by atoms with van der Waals surface area (Å²) in [6.45, 7) is 25.5. The normalized spacial score (nSPS) is 12.4. The molecule has 5 heteroatoms. The Balaban J connectivity index is 0.000000687. The van der Waals surface area contributed by atoms with Crippen molar-refractivity contribution in [2.45, 2.75) is 99.3 Å². The molecular formula is C37H46IrNO2S-. The van der Waals surface area contributed by atoms with Crippen LogP contribution >= 0.6 is 11.3 Å². The van der Waals surface area contributed by atoms with Gasteiger partial charge in [-0.25, -0.2) is 0 Å². The number of fused-ring (bicyclic) bond motifs is 1. The number of nitrogens with zero attached hydrogens (tertiary/aromatic N) is 1. The van der Waals surface area contributed by atoms with Gasteiger partial charge in [-0.15, -0.1) is 46.2 Å². The second-order valence-corrected chi connectivity index (χ2v) is 15.1. The molecule has 0 fully saturated rings. The molecular weight excluding hydrogens is 715 g/mol. The summed E-state index contributed by atoms with van der Waals surface area (Å²) in [5.74, 6) is -0.0625. The van der Waals surface area contributed by atoms with E-state index in [9.17, 15) is 4.79 Å². The van der Waals surface area contributed by atoms with Gasteiger partial charge in [0.2, 0.25) is 0 Å². The number of aliphatic hydroxyl groups excluding tert-OH is 1. The fourth-order valence-corrected chi connectivity index (χ4v) is 5.44. The number of thiophene rings is 1. The first-order valence-corrected chi connectivity index (χ1v) is 15.1. The molecule has 0 spiro atoms. The summed E-state index contributed by atoms with van der Waals surface area (Å²) in [5.41, 5.74) is 8.89. The number of aryl methyl sites for hydroxylation is 1. The van der Waals surface area contributed by atoms with Gasteiger partial charge < -0.3 is 5.11 Å². The molecule has 0 saturated carbocycles. The summed E-state index contributed by atoms with van der Waals surface area (Å²) >= 11 is 1.79. The van der Waals surface area contributed by atoms with Gasteiger partial charge in [0.25, 0.3) is 0 Å². The second-order valence-electron chi connectivity index (χ2n) is 14.1. The number of aliphatic hydroxyl groups is 1. The Morgan fingerprint density at radius 3 is 1.79 bits per heavy atom. The third kappa shape index (κ3) is 9.46. The van der Waals surface area contributed by atoms with Crippen LogP contribution < -0.4 is 0 Å². The van der Waals surface area contributed by atoms with Crippen LogP contribution in [0.3, 0.4) is 0 Å². The zero-order valence-electron chi connectivity index (χ0n) is 27.2. The Morgan fingerprint density at radius 2 is 1.33 bits per heavy atom. The van der Waals surface area contributed by atoms with Crippen molar-refractivity contribution < 1.29 is 30.0 Å². The third-order valence-electron chi connectivity index (χ3n) is 6.89. The Hall–Kier alpha value is -2.59. The SMILES string of the molecule is CC(=O)/C=C(/C)O.Cc1[c-]c(-c2ccc3cc(-c4cc(C(C)(C)C)cc(C(C)(C)C)c4)sc3n2)cc(C(C)(C)C)c1.[Ir]. The fourth-order valence-electron chi connectivity index (χ4n) is 4.43.